The Morgan fingerprint density at radius 3 is 2.77 bits per heavy atom. The number of methoxy groups -OCH3 is 1. The van der Waals surface area contributed by atoms with E-state index < -0.39 is 5.97 Å². The van der Waals surface area contributed by atoms with Crippen LogP contribution in [0.5, 0.6) is 5.75 Å². The van der Waals surface area contributed by atoms with Crippen molar-refractivity contribution >= 4 is 27.8 Å². The van der Waals surface area contributed by atoms with Gasteiger partial charge < -0.3 is 15.2 Å². The van der Waals surface area contributed by atoms with Crippen LogP contribution in [-0.2, 0) is 13.6 Å². The summed E-state index contributed by atoms with van der Waals surface area (Å²) in [5.41, 5.74) is 0.920. The monoisotopic (exact) mass is 367 g/mol. The fourth-order valence-corrected chi connectivity index (χ4v) is 2.50. The Bertz CT molecular complexity index is 727. The molecule has 2 rings (SSSR count). The van der Waals surface area contributed by atoms with Gasteiger partial charge in [0.1, 0.15) is 5.75 Å². The van der Waals surface area contributed by atoms with Gasteiger partial charge in [-0.25, -0.2) is 4.79 Å². The minimum atomic E-state index is -1.09. The molecule has 0 bridgehead atoms. The van der Waals surface area contributed by atoms with E-state index in [1.165, 1.54) is 25.0 Å². The molecular weight excluding hydrogens is 354 g/mol. The molecule has 7 nitrogen and oxygen atoms in total. The van der Waals surface area contributed by atoms with E-state index in [2.05, 4.69) is 26.3 Å². The minimum absolute atomic E-state index is 0.0501. The summed E-state index contributed by atoms with van der Waals surface area (Å²) in [6.45, 7) is 0.0762. The lowest BCUT2D eigenvalue weighted by Crippen LogP contribution is -2.24. The molecule has 116 valence electrons. The van der Waals surface area contributed by atoms with Gasteiger partial charge in [0.15, 0.2) is 5.69 Å². The van der Waals surface area contributed by atoms with E-state index in [0.29, 0.717) is 21.3 Å². The van der Waals surface area contributed by atoms with Gasteiger partial charge in [-0.1, -0.05) is 0 Å². The molecule has 0 saturated carbocycles. The molecule has 0 spiro atoms. The largest absolute Gasteiger partial charge is 0.497 e. The van der Waals surface area contributed by atoms with E-state index in [4.69, 9.17) is 9.84 Å². The Morgan fingerprint density at radius 2 is 2.18 bits per heavy atom. The molecule has 2 N–H and O–H groups in total. The first-order valence-corrected chi connectivity index (χ1v) is 7.09. The van der Waals surface area contributed by atoms with Gasteiger partial charge in [-0.2, -0.15) is 5.10 Å². The summed E-state index contributed by atoms with van der Waals surface area (Å²) in [5.74, 6) is -0.784. The number of amides is 1. The Hall–Kier alpha value is -2.35. The van der Waals surface area contributed by atoms with Gasteiger partial charge in [-0.05, 0) is 34.1 Å². The highest BCUT2D eigenvalue weighted by Crippen LogP contribution is 2.23. The highest BCUT2D eigenvalue weighted by atomic mass is 79.9. The lowest BCUT2D eigenvalue weighted by molar-refractivity contribution is 0.0682. The fraction of sp³-hybridized carbons (Fsp3) is 0.214. The molecule has 0 saturated heterocycles. The average Bonchev–Trinajstić information content (AvgIpc) is 2.85. The van der Waals surface area contributed by atoms with Gasteiger partial charge >= 0.3 is 5.97 Å². The van der Waals surface area contributed by atoms with E-state index in [0.717, 1.165) is 0 Å². The molecule has 1 aromatic heterocycles. The summed E-state index contributed by atoms with van der Waals surface area (Å²) in [4.78, 5) is 23.3. The number of hydrogen-bond donors (Lipinski definition) is 2. The van der Waals surface area contributed by atoms with Crippen LogP contribution >= 0.6 is 15.9 Å². The maximum atomic E-state index is 12.2. The van der Waals surface area contributed by atoms with Crippen LogP contribution < -0.4 is 10.1 Å². The third-order valence-electron chi connectivity index (χ3n) is 3.08. The zero-order chi connectivity index (χ0) is 16.3. The molecule has 0 unspecified atom stereocenters. The van der Waals surface area contributed by atoms with E-state index in [-0.39, 0.29) is 18.1 Å². The number of halogens is 1. The van der Waals surface area contributed by atoms with Crippen LogP contribution in [0.2, 0.25) is 0 Å². The SMILES string of the molecule is COc1ccc(C(=O)NCc2cnn(C)c2C(=O)O)c(Br)c1. The number of aromatic carboxylic acids is 1. The van der Waals surface area contributed by atoms with Crippen molar-refractivity contribution in [1.82, 2.24) is 15.1 Å². The number of aryl methyl sites for hydroxylation is 1. The van der Waals surface area contributed by atoms with Gasteiger partial charge in [0.25, 0.3) is 5.91 Å². The minimum Gasteiger partial charge on any atom is -0.497 e. The summed E-state index contributed by atoms with van der Waals surface area (Å²) in [6.07, 6.45) is 1.42. The average molecular weight is 368 g/mol. The van der Waals surface area contributed by atoms with Gasteiger partial charge in [0, 0.05) is 23.6 Å². The second-order valence-corrected chi connectivity index (χ2v) is 5.33. The van der Waals surface area contributed by atoms with Crippen molar-refractivity contribution in [2.45, 2.75) is 6.54 Å². The number of carboxylic acids is 1. The normalized spacial score (nSPS) is 10.3. The van der Waals surface area contributed by atoms with Crippen LogP contribution in [0.4, 0.5) is 0 Å². The van der Waals surface area contributed by atoms with E-state index in [1.807, 2.05) is 0 Å². The number of aromatic nitrogens is 2. The van der Waals surface area contributed by atoms with Crippen molar-refractivity contribution in [2.75, 3.05) is 7.11 Å². The summed E-state index contributed by atoms with van der Waals surface area (Å²) >= 11 is 3.31. The molecule has 0 fully saturated rings. The summed E-state index contributed by atoms with van der Waals surface area (Å²) in [7, 11) is 3.08. The van der Waals surface area contributed by atoms with E-state index in [9.17, 15) is 9.59 Å². The molecule has 2 aromatic rings. The molecule has 0 atom stereocenters. The van der Waals surface area contributed by atoms with Gasteiger partial charge in [0.05, 0.1) is 18.9 Å². The zero-order valence-corrected chi connectivity index (χ0v) is 13.5. The third kappa shape index (κ3) is 3.28. The van der Waals surface area contributed by atoms with E-state index in [1.54, 1.807) is 18.2 Å². The quantitative estimate of drug-likeness (QED) is 0.840. The first-order chi connectivity index (χ1) is 10.4. The van der Waals surface area contributed by atoms with Crippen molar-refractivity contribution in [3.63, 3.8) is 0 Å². The smallest absolute Gasteiger partial charge is 0.354 e. The lowest BCUT2D eigenvalue weighted by atomic mass is 10.2. The topological polar surface area (TPSA) is 93.5 Å². The Morgan fingerprint density at radius 1 is 1.45 bits per heavy atom. The van der Waals surface area contributed by atoms with Crippen LogP contribution in [0, 0.1) is 0 Å². The molecule has 1 amide bonds. The number of rotatable bonds is 5. The van der Waals surface area contributed by atoms with Crippen molar-refractivity contribution in [2.24, 2.45) is 7.05 Å². The number of ether oxygens (including phenoxy) is 1. The number of carboxylic acid groups (broad SMARTS) is 1. The Balaban J connectivity index is 2.12. The molecule has 1 aromatic carbocycles. The predicted molar refractivity (Wildman–Crippen MR) is 82.0 cm³/mol. The van der Waals surface area contributed by atoms with Gasteiger partial charge in [-0.15, -0.1) is 0 Å². The Labute approximate surface area is 135 Å². The summed E-state index contributed by atoms with van der Waals surface area (Å²) < 4.78 is 6.91. The number of carbonyl (C=O) groups is 2. The van der Waals surface area contributed by atoms with Crippen LogP contribution in [0.3, 0.4) is 0 Å². The standard InChI is InChI=1S/C14H14BrN3O4/c1-18-12(14(20)21)8(7-17-18)6-16-13(19)10-4-3-9(22-2)5-11(10)15/h3-5,7H,6H2,1-2H3,(H,16,19)(H,20,21). The van der Waals surface area contributed by atoms with Gasteiger partial charge in [0.2, 0.25) is 0 Å². The van der Waals surface area contributed by atoms with Crippen molar-refractivity contribution in [3.8, 4) is 5.75 Å². The predicted octanol–water partition coefficient (Wildman–Crippen LogP) is 1.82. The van der Waals surface area contributed by atoms with Crippen LogP contribution in [-0.4, -0.2) is 33.9 Å². The van der Waals surface area contributed by atoms with Crippen molar-refractivity contribution in [3.05, 3.63) is 45.7 Å². The fourth-order valence-electron chi connectivity index (χ4n) is 1.97. The first-order valence-electron chi connectivity index (χ1n) is 6.30. The van der Waals surface area contributed by atoms with E-state index >= 15 is 0 Å². The van der Waals surface area contributed by atoms with Crippen molar-refractivity contribution < 1.29 is 19.4 Å². The number of carbonyl (C=O) groups excluding carboxylic acids is 1. The summed E-state index contributed by atoms with van der Waals surface area (Å²) in [5, 5.41) is 15.7. The lowest BCUT2D eigenvalue weighted by Gasteiger charge is -2.08. The summed E-state index contributed by atoms with van der Waals surface area (Å²) in [6, 6.07) is 4.98. The van der Waals surface area contributed by atoms with Crippen molar-refractivity contribution in [1.29, 1.82) is 0 Å². The molecule has 0 aliphatic heterocycles. The molecule has 8 heteroatoms. The van der Waals surface area contributed by atoms with Crippen LogP contribution in [0.25, 0.3) is 0 Å². The first kappa shape index (κ1) is 16.0. The number of nitrogens with one attached hydrogen (secondary N) is 1. The molecule has 1 heterocycles. The highest BCUT2D eigenvalue weighted by molar-refractivity contribution is 9.10. The van der Waals surface area contributed by atoms with Crippen LogP contribution in [0.15, 0.2) is 28.9 Å². The number of nitrogens with zero attached hydrogens (tertiary/aromatic N) is 2. The Kier molecular flexibility index (Phi) is 4.81. The highest BCUT2D eigenvalue weighted by Gasteiger charge is 2.17. The molecular formula is C14H14BrN3O4. The van der Waals surface area contributed by atoms with Crippen LogP contribution in [0.1, 0.15) is 26.4 Å². The number of benzene rings is 1. The second-order valence-electron chi connectivity index (χ2n) is 4.48. The molecule has 0 aliphatic carbocycles. The third-order valence-corrected chi connectivity index (χ3v) is 3.73. The molecule has 0 aliphatic rings. The zero-order valence-electron chi connectivity index (χ0n) is 12.0. The number of hydrogen-bond acceptors (Lipinski definition) is 4. The van der Waals surface area contributed by atoms with Gasteiger partial charge in [-0.3, -0.25) is 9.48 Å². The molecule has 22 heavy (non-hydrogen) atoms. The maximum absolute atomic E-state index is 12.2. The molecule has 0 radical (unpaired) electrons. The second kappa shape index (κ2) is 6.61. The maximum Gasteiger partial charge on any atom is 0.354 e.